The molecule has 1 atom stereocenters. The van der Waals surface area contributed by atoms with Gasteiger partial charge in [0.15, 0.2) is 4.90 Å². The number of rotatable bonds is 9. The molecule has 10 heteroatoms. The third kappa shape index (κ3) is 5.08. The maximum absolute atomic E-state index is 14.0. The van der Waals surface area contributed by atoms with Crippen LogP contribution in [0.5, 0.6) is 5.88 Å². The van der Waals surface area contributed by atoms with E-state index in [1.54, 1.807) is 42.5 Å². The minimum atomic E-state index is -4.50. The number of aromatic hydroxyl groups is 1. The van der Waals surface area contributed by atoms with Gasteiger partial charge < -0.3 is 10.4 Å². The molecule has 0 aliphatic carbocycles. The van der Waals surface area contributed by atoms with E-state index in [0.717, 1.165) is 12.0 Å². The standard InChI is InChI=1S/C32H30N4O5S/c1-3-5-12-27-35-31(38)29(32(39)36(27)26(4-2)22-9-6-8-20(17-22)18-33)42(40,41)24-15-13-21(14-16-24)25-11-7-10-23-19-34-30(37)28(23)25/h6-11,13-17,26,38H,3-5,12,19H2,1-2H3,(H,34,37). The quantitative estimate of drug-likeness (QED) is 0.286. The summed E-state index contributed by atoms with van der Waals surface area (Å²) in [5.41, 5.74) is 2.92. The molecule has 0 saturated heterocycles. The molecule has 0 radical (unpaired) electrons. The zero-order valence-corrected chi connectivity index (χ0v) is 24.1. The lowest BCUT2D eigenvalue weighted by atomic mass is 9.97. The van der Waals surface area contributed by atoms with Gasteiger partial charge in [-0.3, -0.25) is 14.2 Å². The van der Waals surface area contributed by atoms with Crippen LogP contribution in [-0.2, 0) is 22.8 Å². The molecule has 0 fully saturated rings. The highest BCUT2D eigenvalue weighted by Gasteiger charge is 2.32. The molecule has 1 unspecified atom stereocenters. The number of nitriles is 1. The van der Waals surface area contributed by atoms with E-state index in [0.29, 0.717) is 53.6 Å². The summed E-state index contributed by atoms with van der Waals surface area (Å²) in [6, 6.07) is 19.7. The zero-order valence-electron chi connectivity index (χ0n) is 23.3. The SMILES string of the molecule is CCCCc1nc(O)c(S(=O)(=O)c2ccc(-c3cccc4c3C(=O)NC4)cc2)c(=O)n1C(CC)c1cccc(C#N)c1. The number of nitrogens with zero attached hydrogens (tertiary/aromatic N) is 3. The number of hydrogen-bond acceptors (Lipinski definition) is 7. The van der Waals surface area contributed by atoms with Gasteiger partial charge in [-0.1, -0.05) is 62.7 Å². The first-order valence-corrected chi connectivity index (χ1v) is 15.3. The fourth-order valence-corrected chi connectivity index (χ4v) is 6.80. The van der Waals surface area contributed by atoms with Crippen LogP contribution < -0.4 is 10.9 Å². The Morgan fingerprint density at radius 3 is 2.50 bits per heavy atom. The van der Waals surface area contributed by atoms with Crippen LogP contribution in [0.1, 0.15) is 72.0 Å². The number of unbranched alkanes of at least 4 members (excludes halogenated alkanes) is 1. The van der Waals surface area contributed by atoms with E-state index in [9.17, 15) is 28.4 Å². The van der Waals surface area contributed by atoms with Crippen LogP contribution in [0.2, 0.25) is 0 Å². The van der Waals surface area contributed by atoms with Crippen molar-refractivity contribution < 1.29 is 18.3 Å². The predicted molar refractivity (Wildman–Crippen MR) is 157 cm³/mol. The lowest BCUT2D eigenvalue weighted by Gasteiger charge is -2.23. The first kappa shape index (κ1) is 28.8. The van der Waals surface area contributed by atoms with Crippen LogP contribution in [0.25, 0.3) is 11.1 Å². The summed E-state index contributed by atoms with van der Waals surface area (Å²) >= 11 is 0. The highest BCUT2D eigenvalue weighted by Crippen LogP contribution is 2.32. The molecule has 4 aromatic rings. The van der Waals surface area contributed by atoms with Crippen LogP contribution in [0, 0.1) is 11.3 Å². The van der Waals surface area contributed by atoms with E-state index in [1.165, 1.54) is 16.7 Å². The normalized spacial score (nSPS) is 13.3. The van der Waals surface area contributed by atoms with Crippen LogP contribution >= 0.6 is 0 Å². The molecule has 2 heterocycles. The smallest absolute Gasteiger partial charge is 0.277 e. The second kappa shape index (κ2) is 11.6. The Labute approximate surface area is 244 Å². The summed E-state index contributed by atoms with van der Waals surface area (Å²) < 4.78 is 29.1. The topological polar surface area (TPSA) is 142 Å². The third-order valence-electron chi connectivity index (χ3n) is 7.54. The number of carbonyl (C=O) groups excluding carboxylic acids is 1. The molecule has 214 valence electrons. The third-order valence-corrected chi connectivity index (χ3v) is 9.33. The molecule has 5 rings (SSSR count). The second-order valence-electron chi connectivity index (χ2n) is 10.2. The molecule has 1 amide bonds. The van der Waals surface area contributed by atoms with Gasteiger partial charge >= 0.3 is 0 Å². The van der Waals surface area contributed by atoms with Crippen molar-refractivity contribution in [1.29, 1.82) is 5.26 Å². The molecular formula is C32H30N4O5S. The highest BCUT2D eigenvalue weighted by molar-refractivity contribution is 7.91. The number of sulfone groups is 1. The molecule has 0 spiro atoms. The first-order valence-electron chi connectivity index (χ1n) is 13.8. The van der Waals surface area contributed by atoms with Crippen molar-refractivity contribution in [2.75, 3.05) is 0 Å². The summed E-state index contributed by atoms with van der Waals surface area (Å²) in [5.74, 6) is -0.758. The van der Waals surface area contributed by atoms with Crippen molar-refractivity contribution in [3.8, 4) is 23.1 Å². The van der Waals surface area contributed by atoms with Gasteiger partial charge in [0, 0.05) is 13.0 Å². The Hall–Kier alpha value is -4.75. The van der Waals surface area contributed by atoms with E-state index >= 15 is 0 Å². The van der Waals surface area contributed by atoms with Gasteiger partial charge in [0.2, 0.25) is 15.7 Å². The molecule has 1 aromatic heterocycles. The second-order valence-corrected chi connectivity index (χ2v) is 12.1. The van der Waals surface area contributed by atoms with Gasteiger partial charge in [-0.15, -0.1) is 0 Å². The molecule has 0 saturated carbocycles. The van der Waals surface area contributed by atoms with Crippen LogP contribution in [0.15, 0.2) is 81.3 Å². The highest BCUT2D eigenvalue weighted by atomic mass is 32.2. The summed E-state index contributed by atoms with van der Waals surface area (Å²) in [6.45, 7) is 4.27. The number of aryl methyl sites for hydroxylation is 1. The largest absolute Gasteiger partial charge is 0.492 e. The number of carbonyl (C=O) groups is 1. The zero-order chi connectivity index (χ0) is 30.0. The predicted octanol–water partition coefficient (Wildman–Crippen LogP) is 4.91. The lowest BCUT2D eigenvalue weighted by Crippen LogP contribution is -2.33. The van der Waals surface area contributed by atoms with Crippen molar-refractivity contribution in [2.24, 2.45) is 0 Å². The number of nitrogens with one attached hydrogen (secondary N) is 1. The van der Waals surface area contributed by atoms with Gasteiger partial charge in [-0.25, -0.2) is 8.42 Å². The summed E-state index contributed by atoms with van der Waals surface area (Å²) in [7, 11) is -4.50. The monoisotopic (exact) mass is 582 g/mol. The average Bonchev–Trinajstić information content (AvgIpc) is 3.38. The van der Waals surface area contributed by atoms with Gasteiger partial charge in [-0.05, 0) is 59.4 Å². The van der Waals surface area contributed by atoms with Crippen molar-refractivity contribution in [1.82, 2.24) is 14.9 Å². The maximum Gasteiger partial charge on any atom is 0.277 e. The van der Waals surface area contributed by atoms with Crippen LogP contribution in [0.3, 0.4) is 0 Å². The molecule has 9 nitrogen and oxygen atoms in total. The average molecular weight is 583 g/mol. The minimum absolute atomic E-state index is 0.190. The van der Waals surface area contributed by atoms with Crippen LogP contribution in [0.4, 0.5) is 0 Å². The van der Waals surface area contributed by atoms with Crippen molar-refractivity contribution >= 4 is 15.7 Å². The summed E-state index contributed by atoms with van der Waals surface area (Å²) in [6.07, 6.45) is 2.26. The minimum Gasteiger partial charge on any atom is -0.492 e. The Morgan fingerprint density at radius 2 is 1.81 bits per heavy atom. The fourth-order valence-electron chi connectivity index (χ4n) is 5.45. The number of fused-ring (bicyclic) bond motifs is 1. The maximum atomic E-state index is 14.0. The van der Waals surface area contributed by atoms with Gasteiger partial charge in [0.1, 0.15) is 5.82 Å². The van der Waals surface area contributed by atoms with Gasteiger partial charge in [0.05, 0.1) is 28.1 Å². The molecule has 1 aliphatic heterocycles. The van der Waals surface area contributed by atoms with E-state index in [-0.39, 0.29) is 16.6 Å². The molecule has 42 heavy (non-hydrogen) atoms. The Morgan fingerprint density at radius 1 is 1.07 bits per heavy atom. The van der Waals surface area contributed by atoms with Gasteiger partial charge in [0.25, 0.3) is 11.5 Å². The molecule has 0 bridgehead atoms. The Bertz CT molecular complexity index is 1890. The van der Waals surface area contributed by atoms with Crippen LogP contribution in [-0.4, -0.2) is 29.0 Å². The first-order chi connectivity index (χ1) is 20.2. The summed E-state index contributed by atoms with van der Waals surface area (Å²) in [5, 5.41) is 23.1. The number of benzene rings is 3. The van der Waals surface area contributed by atoms with E-state index in [4.69, 9.17) is 0 Å². The van der Waals surface area contributed by atoms with E-state index < -0.39 is 32.2 Å². The lowest BCUT2D eigenvalue weighted by molar-refractivity contribution is 0.0966. The number of hydrogen-bond donors (Lipinski definition) is 2. The van der Waals surface area contributed by atoms with Crippen molar-refractivity contribution in [3.05, 3.63) is 105 Å². The van der Waals surface area contributed by atoms with E-state index in [2.05, 4.69) is 16.4 Å². The summed E-state index contributed by atoms with van der Waals surface area (Å²) in [4.78, 5) is 29.7. The Balaban J connectivity index is 1.63. The number of aromatic nitrogens is 2. The van der Waals surface area contributed by atoms with Crippen molar-refractivity contribution in [3.63, 3.8) is 0 Å². The van der Waals surface area contributed by atoms with Crippen molar-refractivity contribution in [2.45, 2.75) is 61.9 Å². The van der Waals surface area contributed by atoms with Gasteiger partial charge in [-0.2, -0.15) is 10.2 Å². The molecule has 2 N–H and O–H groups in total. The Kier molecular flexibility index (Phi) is 7.96. The van der Waals surface area contributed by atoms with E-state index in [1.807, 2.05) is 26.0 Å². The fraction of sp³-hybridized carbons (Fsp3) is 0.250. The number of amides is 1. The molecule has 1 aliphatic rings. The molecule has 3 aromatic carbocycles. The molecular weight excluding hydrogens is 552 g/mol.